The zero-order valence-corrected chi connectivity index (χ0v) is 31.5. The number of hydrogen-bond acceptors (Lipinski definition) is 1. The van der Waals surface area contributed by atoms with E-state index in [4.69, 9.17) is 0 Å². The summed E-state index contributed by atoms with van der Waals surface area (Å²) in [7, 11) is 0. The summed E-state index contributed by atoms with van der Waals surface area (Å²) in [6, 6.07) is 68.4. The Labute approximate surface area is 327 Å². The molecule has 0 fully saturated rings. The predicted octanol–water partition coefficient (Wildman–Crippen LogP) is 14.9. The van der Waals surface area contributed by atoms with Crippen LogP contribution in [0.4, 0.5) is 0 Å². The molecule has 2 aliphatic carbocycles. The highest BCUT2D eigenvalue weighted by Gasteiger charge is 2.31. The van der Waals surface area contributed by atoms with Crippen molar-refractivity contribution >= 4 is 31.5 Å². The minimum Gasteiger partial charge on any atom is -0.135 e. The molecule has 55 heavy (non-hydrogen) atoms. The lowest BCUT2D eigenvalue weighted by atomic mass is 9.88. The first-order valence-electron chi connectivity index (χ1n) is 19.8. The fraction of sp³-hybridized carbons (Fsp3) is 0.111. The van der Waals surface area contributed by atoms with Gasteiger partial charge in [-0.05, 0) is 128 Å². The Bertz CT molecular complexity index is 2870. The van der Waals surface area contributed by atoms with Crippen molar-refractivity contribution in [2.45, 2.75) is 37.5 Å². The van der Waals surface area contributed by atoms with Crippen molar-refractivity contribution in [3.63, 3.8) is 0 Å². The SMILES string of the molecule is c1ccc(-c2ccc(CCC3c4ccccc4-c4cc(-c5ccc6c(c5)-c5ccccc5C6CCc5cccc6sc7ccccc7c56)ccc43)cc2)cc1. The lowest BCUT2D eigenvalue weighted by molar-refractivity contribution is 0.729. The zero-order valence-electron chi connectivity index (χ0n) is 30.7. The van der Waals surface area contributed by atoms with Gasteiger partial charge >= 0.3 is 0 Å². The van der Waals surface area contributed by atoms with Gasteiger partial charge in [0, 0.05) is 32.0 Å². The van der Waals surface area contributed by atoms with Crippen LogP contribution in [0.5, 0.6) is 0 Å². The number of thiophene rings is 1. The third-order valence-corrected chi connectivity index (χ3v) is 13.6. The lowest BCUT2D eigenvalue weighted by Crippen LogP contribution is -2.00. The van der Waals surface area contributed by atoms with Crippen LogP contribution in [0.3, 0.4) is 0 Å². The monoisotopic (exact) mass is 720 g/mol. The summed E-state index contributed by atoms with van der Waals surface area (Å²) in [5.41, 5.74) is 19.5. The number of hydrogen-bond donors (Lipinski definition) is 0. The fourth-order valence-corrected chi connectivity index (χ4v) is 10.9. The van der Waals surface area contributed by atoms with Gasteiger partial charge < -0.3 is 0 Å². The number of aryl methyl sites for hydroxylation is 2. The summed E-state index contributed by atoms with van der Waals surface area (Å²) in [6.07, 6.45) is 4.31. The van der Waals surface area contributed by atoms with Gasteiger partial charge in [0.15, 0.2) is 0 Å². The van der Waals surface area contributed by atoms with E-state index in [2.05, 4.69) is 182 Å². The average molecular weight is 721 g/mol. The van der Waals surface area contributed by atoms with E-state index in [0.29, 0.717) is 11.8 Å². The van der Waals surface area contributed by atoms with E-state index in [1.54, 1.807) is 0 Å². The Morgan fingerprint density at radius 2 is 0.891 bits per heavy atom. The van der Waals surface area contributed by atoms with Crippen molar-refractivity contribution in [3.05, 3.63) is 215 Å². The largest absolute Gasteiger partial charge is 0.135 e. The standard InChI is InChI=1S/C54H40S/c1-2-11-36(12-3-1)37-24-21-35(22-25-37)23-29-45-41-14-4-6-16-43(41)50-33-39(27-31-47(45)50)40-28-32-48-46(42-15-5-7-17-44(42)51(48)34-40)30-26-38-13-10-20-53-54(38)49-18-8-9-19-52(49)55-53/h1-22,24-25,27-28,31-34,45-46H,23,26,29-30H2. The molecule has 0 bridgehead atoms. The Balaban J connectivity index is 0.882. The van der Waals surface area contributed by atoms with E-state index in [-0.39, 0.29) is 0 Å². The van der Waals surface area contributed by atoms with Crippen LogP contribution < -0.4 is 0 Å². The predicted molar refractivity (Wildman–Crippen MR) is 234 cm³/mol. The maximum Gasteiger partial charge on any atom is 0.0358 e. The van der Waals surface area contributed by atoms with Gasteiger partial charge in [-0.25, -0.2) is 0 Å². The molecule has 0 nitrogen and oxygen atoms in total. The molecule has 1 heterocycles. The minimum atomic E-state index is 0.391. The second-order valence-electron chi connectivity index (χ2n) is 15.4. The summed E-state index contributed by atoms with van der Waals surface area (Å²) in [4.78, 5) is 0. The highest BCUT2D eigenvalue weighted by molar-refractivity contribution is 7.25. The highest BCUT2D eigenvalue weighted by Crippen LogP contribution is 2.51. The van der Waals surface area contributed by atoms with Gasteiger partial charge in [-0.1, -0.05) is 158 Å². The Morgan fingerprint density at radius 3 is 1.58 bits per heavy atom. The molecule has 0 amide bonds. The molecule has 2 atom stereocenters. The molecule has 1 aromatic heterocycles. The van der Waals surface area contributed by atoms with E-state index >= 15 is 0 Å². The van der Waals surface area contributed by atoms with Gasteiger partial charge in [0.2, 0.25) is 0 Å². The quantitative estimate of drug-likeness (QED) is 0.147. The van der Waals surface area contributed by atoms with Crippen LogP contribution in [0, 0.1) is 0 Å². The topological polar surface area (TPSA) is 0 Å². The molecule has 0 spiro atoms. The first-order chi connectivity index (χ1) is 27.3. The van der Waals surface area contributed by atoms with Gasteiger partial charge in [0.05, 0.1) is 0 Å². The molecule has 1 heteroatoms. The molecule has 0 saturated carbocycles. The van der Waals surface area contributed by atoms with E-state index in [1.165, 1.54) is 98.1 Å². The normalized spacial score (nSPS) is 15.2. The van der Waals surface area contributed by atoms with E-state index < -0.39 is 0 Å². The Hall–Kier alpha value is -6.02. The van der Waals surface area contributed by atoms with Crippen LogP contribution in [0.15, 0.2) is 182 Å². The molecule has 2 aliphatic rings. The maximum atomic E-state index is 2.47. The number of rotatable bonds is 8. The van der Waals surface area contributed by atoms with Gasteiger partial charge in [0.1, 0.15) is 0 Å². The maximum absolute atomic E-state index is 2.47. The minimum absolute atomic E-state index is 0.391. The van der Waals surface area contributed by atoms with Crippen molar-refractivity contribution < 1.29 is 0 Å². The second-order valence-corrected chi connectivity index (χ2v) is 16.5. The Morgan fingerprint density at radius 1 is 0.364 bits per heavy atom. The van der Waals surface area contributed by atoms with Gasteiger partial charge in [0.25, 0.3) is 0 Å². The van der Waals surface area contributed by atoms with E-state index in [9.17, 15) is 0 Å². The molecular formula is C54H40S. The van der Waals surface area contributed by atoms with Crippen molar-refractivity contribution in [1.82, 2.24) is 0 Å². The molecule has 0 saturated heterocycles. The molecule has 0 N–H and O–H groups in total. The smallest absolute Gasteiger partial charge is 0.0358 e. The summed E-state index contributed by atoms with van der Waals surface area (Å²) in [5.74, 6) is 0.794. The van der Waals surface area contributed by atoms with Crippen LogP contribution in [0.1, 0.15) is 58.1 Å². The van der Waals surface area contributed by atoms with Gasteiger partial charge in [-0.3, -0.25) is 0 Å². The van der Waals surface area contributed by atoms with Crippen molar-refractivity contribution in [2.24, 2.45) is 0 Å². The summed E-state index contributed by atoms with van der Waals surface area (Å²) in [6.45, 7) is 0. The Kier molecular flexibility index (Phi) is 7.88. The van der Waals surface area contributed by atoms with Crippen LogP contribution in [0.2, 0.25) is 0 Å². The van der Waals surface area contributed by atoms with Crippen molar-refractivity contribution in [3.8, 4) is 44.5 Å². The van der Waals surface area contributed by atoms with E-state index in [0.717, 1.165) is 25.7 Å². The lowest BCUT2D eigenvalue weighted by Gasteiger charge is -2.16. The first-order valence-corrected chi connectivity index (χ1v) is 20.6. The summed E-state index contributed by atoms with van der Waals surface area (Å²) < 4.78 is 2.78. The molecule has 8 aromatic carbocycles. The first kappa shape index (κ1) is 32.4. The molecular weight excluding hydrogens is 681 g/mol. The van der Waals surface area contributed by atoms with Crippen LogP contribution in [-0.2, 0) is 12.8 Å². The number of benzene rings is 8. The summed E-state index contributed by atoms with van der Waals surface area (Å²) in [5, 5.41) is 2.84. The molecule has 0 aliphatic heterocycles. The highest BCUT2D eigenvalue weighted by atomic mass is 32.1. The van der Waals surface area contributed by atoms with Gasteiger partial charge in [-0.15, -0.1) is 11.3 Å². The van der Waals surface area contributed by atoms with Crippen LogP contribution in [0.25, 0.3) is 64.7 Å². The fourth-order valence-electron chi connectivity index (χ4n) is 9.76. The molecule has 0 radical (unpaired) electrons. The third kappa shape index (κ3) is 5.57. The molecule has 262 valence electrons. The zero-order chi connectivity index (χ0) is 36.3. The summed E-state index contributed by atoms with van der Waals surface area (Å²) >= 11 is 1.92. The number of fused-ring (bicyclic) bond motifs is 9. The van der Waals surface area contributed by atoms with Crippen LogP contribution in [-0.4, -0.2) is 0 Å². The average Bonchev–Trinajstić information content (AvgIpc) is 3.90. The van der Waals surface area contributed by atoms with Crippen LogP contribution >= 0.6 is 11.3 Å². The second kappa shape index (κ2) is 13.4. The van der Waals surface area contributed by atoms with Crippen molar-refractivity contribution in [1.29, 1.82) is 0 Å². The third-order valence-electron chi connectivity index (χ3n) is 12.4. The molecule has 11 rings (SSSR count). The van der Waals surface area contributed by atoms with Gasteiger partial charge in [-0.2, -0.15) is 0 Å². The molecule has 9 aromatic rings. The van der Waals surface area contributed by atoms with E-state index in [1.807, 2.05) is 11.3 Å². The molecule has 2 unspecified atom stereocenters. The van der Waals surface area contributed by atoms with Crippen molar-refractivity contribution in [2.75, 3.05) is 0 Å².